The highest BCUT2D eigenvalue weighted by Gasteiger charge is 2.29. The third kappa shape index (κ3) is 18.9. The lowest BCUT2D eigenvalue weighted by Gasteiger charge is -2.33. The summed E-state index contributed by atoms with van der Waals surface area (Å²) >= 11 is 25.6. The first-order valence-electron chi connectivity index (χ1n) is 26.1. The SMILES string of the molecule is CN1Cc2c(Cl)cc(Cl)cc2[C@H](c2ccc(S(=O)(=O)NCCOCCOCCOCCNC(=O)c3ccc(C(=O)NCCOCCOCCOCCNS(=O)(=O)c4ccc([C@@H]5CN(C)Cc6c(Cl)cc(Cl)cc65)cc4)cc3)cc2)C1. The minimum atomic E-state index is -3.74. The van der Waals surface area contributed by atoms with E-state index in [1.54, 1.807) is 60.7 Å². The van der Waals surface area contributed by atoms with Gasteiger partial charge in [-0.25, -0.2) is 26.3 Å². The van der Waals surface area contributed by atoms with Gasteiger partial charge >= 0.3 is 0 Å². The van der Waals surface area contributed by atoms with Crippen molar-refractivity contribution >= 4 is 78.3 Å². The van der Waals surface area contributed by atoms with E-state index < -0.39 is 20.0 Å². The Morgan fingerprint density at radius 1 is 0.463 bits per heavy atom. The van der Waals surface area contributed by atoms with Crippen molar-refractivity contribution in [1.82, 2.24) is 29.9 Å². The lowest BCUT2D eigenvalue weighted by atomic mass is 9.85. The minimum Gasteiger partial charge on any atom is -0.378 e. The van der Waals surface area contributed by atoms with E-state index in [4.69, 9.17) is 74.8 Å². The minimum absolute atomic E-state index is 0.0000598. The van der Waals surface area contributed by atoms with Crippen molar-refractivity contribution in [2.24, 2.45) is 0 Å². The van der Waals surface area contributed by atoms with Crippen molar-refractivity contribution in [1.29, 1.82) is 0 Å². The molecule has 0 aromatic heterocycles. The van der Waals surface area contributed by atoms with Gasteiger partial charge in [0.25, 0.3) is 11.8 Å². The van der Waals surface area contributed by atoms with E-state index in [9.17, 15) is 26.4 Å². The van der Waals surface area contributed by atoms with Crippen LogP contribution in [0.25, 0.3) is 0 Å². The topological polar surface area (TPSA) is 212 Å². The van der Waals surface area contributed by atoms with E-state index in [1.165, 1.54) is 0 Å². The molecule has 0 spiro atoms. The van der Waals surface area contributed by atoms with Gasteiger partial charge < -0.3 is 48.9 Å². The van der Waals surface area contributed by atoms with E-state index in [-0.39, 0.29) is 99.3 Å². The van der Waals surface area contributed by atoms with Gasteiger partial charge in [-0.2, -0.15) is 0 Å². The molecule has 2 heterocycles. The second-order valence-electron chi connectivity index (χ2n) is 19.1. The summed E-state index contributed by atoms with van der Waals surface area (Å²) < 4.78 is 90.1. The smallest absolute Gasteiger partial charge is 0.251 e. The Labute approximate surface area is 489 Å². The summed E-state index contributed by atoms with van der Waals surface area (Å²) in [5.74, 6) is -0.615. The van der Waals surface area contributed by atoms with Gasteiger partial charge in [-0.1, -0.05) is 70.7 Å². The van der Waals surface area contributed by atoms with Crippen molar-refractivity contribution in [2.75, 3.05) is 133 Å². The number of sulfonamides is 2. The molecule has 0 unspecified atom stereocenters. The molecule has 0 saturated heterocycles. The van der Waals surface area contributed by atoms with E-state index in [0.29, 0.717) is 83.9 Å². The van der Waals surface area contributed by atoms with E-state index in [1.807, 2.05) is 50.5 Å². The van der Waals surface area contributed by atoms with Crippen molar-refractivity contribution < 1.29 is 54.8 Å². The average Bonchev–Trinajstić information content (AvgIpc) is 3.45. The number of carbonyl (C=O) groups is 2. The summed E-state index contributed by atoms with van der Waals surface area (Å²) in [6.45, 7) is 6.88. The predicted molar refractivity (Wildman–Crippen MR) is 309 cm³/mol. The molecule has 24 heteroatoms. The predicted octanol–water partition coefficient (Wildman–Crippen LogP) is 6.97. The van der Waals surface area contributed by atoms with Crippen LogP contribution in [-0.2, 0) is 61.6 Å². The number of ether oxygens (including phenoxy) is 6. The molecule has 2 amide bonds. The highest BCUT2D eigenvalue weighted by molar-refractivity contribution is 7.89. The molecule has 0 bridgehead atoms. The van der Waals surface area contributed by atoms with Gasteiger partial charge in [-0.15, -0.1) is 0 Å². The number of amides is 2. The van der Waals surface area contributed by atoms with E-state index in [0.717, 1.165) is 46.5 Å². The summed E-state index contributed by atoms with van der Waals surface area (Å²) in [6.07, 6.45) is 0. The van der Waals surface area contributed by atoms with Crippen LogP contribution in [0.1, 0.15) is 65.9 Å². The van der Waals surface area contributed by atoms with Crippen LogP contribution in [0.2, 0.25) is 20.1 Å². The molecule has 2 atom stereocenters. The third-order valence-electron chi connectivity index (χ3n) is 13.2. The Bertz CT molecular complexity index is 2850. The summed E-state index contributed by atoms with van der Waals surface area (Å²) in [5.41, 5.74) is 6.88. The zero-order valence-electron chi connectivity index (χ0n) is 44.7. The maximum atomic E-state index is 12.9. The number of rotatable bonds is 32. The van der Waals surface area contributed by atoms with Crippen molar-refractivity contribution in [2.45, 2.75) is 34.7 Å². The molecule has 5 aromatic carbocycles. The molecule has 4 N–H and O–H groups in total. The van der Waals surface area contributed by atoms with Crippen LogP contribution < -0.4 is 20.1 Å². The maximum absolute atomic E-state index is 12.9. The van der Waals surface area contributed by atoms with Gasteiger partial charge in [0.15, 0.2) is 0 Å². The molecule has 0 saturated carbocycles. The molecular weight excluding hydrogens is 1150 g/mol. The van der Waals surface area contributed by atoms with Gasteiger partial charge in [0, 0.05) is 95.4 Å². The standard InChI is InChI=1S/C56H68Cl4N6O12S2/c1-65-35-49(47-31-43(57)33-53(59)51(47)37-65)39-7-11-45(12-8-39)79(69,70)63-17-21-75-25-29-77-27-23-73-19-15-61-55(67)41-3-5-42(6-4-41)56(68)62-16-20-74-24-28-78-30-26-76-22-18-64-80(71,72)46-13-9-40(10-14-46)50-36-66(2)38-52-48(50)32-44(58)34-54(52)60/h3-14,31-34,49-50,63-64H,15-30,35-38H2,1-2H3,(H,61,67)(H,62,68)/t49-,50-/m0/s1. The number of likely N-dealkylation sites (N-methyl/N-ethyl adjacent to an activating group) is 2. The monoisotopic (exact) mass is 1220 g/mol. The molecule has 2 aliphatic rings. The van der Waals surface area contributed by atoms with Crippen LogP contribution in [0, 0.1) is 0 Å². The highest BCUT2D eigenvalue weighted by atomic mass is 35.5. The number of benzene rings is 5. The number of fused-ring (bicyclic) bond motifs is 2. The average molecular weight is 1220 g/mol. The molecule has 0 radical (unpaired) electrons. The largest absolute Gasteiger partial charge is 0.378 e. The summed E-state index contributed by atoms with van der Waals surface area (Å²) in [5, 5.41) is 7.94. The first kappa shape index (κ1) is 63.3. The van der Waals surface area contributed by atoms with Gasteiger partial charge in [-0.3, -0.25) is 9.59 Å². The fraction of sp³-hybridized carbons (Fsp3) is 0.429. The third-order valence-corrected chi connectivity index (χ3v) is 17.3. The first-order valence-corrected chi connectivity index (χ1v) is 30.6. The summed E-state index contributed by atoms with van der Waals surface area (Å²) in [4.78, 5) is 29.9. The van der Waals surface area contributed by atoms with Gasteiger partial charge in [0.2, 0.25) is 20.0 Å². The van der Waals surface area contributed by atoms with Gasteiger partial charge in [-0.05, 0) is 120 Å². The molecule has 80 heavy (non-hydrogen) atoms. The first-order chi connectivity index (χ1) is 38.5. The molecular formula is C56H68Cl4N6O12S2. The molecule has 0 aliphatic carbocycles. The van der Waals surface area contributed by atoms with Crippen LogP contribution in [0.3, 0.4) is 0 Å². The molecule has 0 fully saturated rings. The zero-order chi connectivity index (χ0) is 57.1. The zero-order valence-corrected chi connectivity index (χ0v) is 49.3. The lowest BCUT2D eigenvalue weighted by Crippen LogP contribution is -2.31. The Kier molecular flexibility index (Phi) is 24.8. The molecule has 18 nitrogen and oxygen atoms in total. The van der Waals surface area contributed by atoms with Crippen molar-refractivity contribution in [3.05, 3.63) is 162 Å². The van der Waals surface area contributed by atoms with Crippen LogP contribution >= 0.6 is 46.4 Å². The number of hydrogen-bond donors (Lipinski definition) is 4. The molecule has 2 aliphatic heterocycles. The van der Waals surface area contributed by atoms with Crippen molar-refractivity contribution in [3.63, 3.8) is 0 Å². The fourth-order valence-corrected chi connectivity index (χ4v) is 12.4. The fourth-order valence-electron chi connectivity index (χ4n) is 9.22. The van der Waals surface area contributed by atoms with Gasteiger partial charge in [0.1, 0.15) is 0 Å². The summed E-state index contributed by atoms with van der Waals surface area (Å²) in [7, 11) is -3.44. The molecule has 7 rings (SSSR count). The number of halogens is 4. The van der Waals surface area contributed by atoms with Crippen LogP contribution in [-0.4, -0.2) is 171 Å². The number of nitrogens with one attached hydrogen (secondary N) is 4. The number of nitrogens with zero attached hydrogens (tertiary/aromatic N) is 2. The number of hydrogen-bond acceptors (Lipinski definition) is 14. The number of carbonyl (C=O) groups excluding carboxylic acids is 2. The van der Waals surface area contributed by atoms with E-state index in [2.05, 4.69) is 29.9 Å². The second kappa shape index (κ2) is 31.4. The Balaban J connectivity index is 0.640. The summed E-state index contributed by atoms with van der Waals surface area (Å²) in [6, 6.07) is 27.4. The molecule has 5 aromatic rings. The highest BCUT2D eigenvalue weighted by Crippen LogP contribution is 2.40. The van der Waals surface area contributed by atoms with Crippen LogP contribution in [0.5, 0.6) is 0 Å². The quantitative estimate of drug-likeness (QED) is 0.0321. The van der Waals surface area contributed by atoms with Crippen LogP contribution in [0.15, 0.2) is 107 Å². The lowest BCUT2D eigenvalue weighted by molar-refractivity contribution is 0.0162. The normalized spacial score (nSPS) is 15.8. The van der Waals surface area contributed by atoms with Crippen molar-refractivity contribution in [3.8, 4) is 0 Å². The van der Waals surface area contributed by atoms with Gasteiger partial charge in [0.05, 0.1) is 89.1 Å². The Hall–Kier alpha value is -4.30. The van der Waals surface area contributed by atoms with Crippen LogP contribution in [0.4, 0.5) is 0 Å². The Morgan fingerprint density at radius 2 is 0.775 bits per heavy atom. The maximum Gasteiger partial charge on any atom is 0.251 e. The Morgan fingerprint density at radius 3 is 1.11 bits per heavy atom. The second-order valence-corrected chi connectivity index (χ2v) is 24.3. The molecule has 434 valence electrons. The van der Waals surface area contributed by atoms with E-state index >= 15 is 0 Å².